The molecule has 0 amide bonds. The molecule has 2 rings (SSSR count). The fourth-order valence-electron chi connectivity index (χ4n) is 1.55. The van der Waals surface area contributed by atoms with Gasteiger partial charge in [0.25, 0.3) is 0 Å². The number of rotatable bonds is 0. The van der Waals surface area contributed by atoms with E-state index in [-0.39, 0.29) is 6.04 Å². The maximum absolute atomic E-state index is 5.80. The third-order valence-corrected chi connectivity index (χ3v) is 2.17. The molecule has 1 aliphatic heterocycles. The number of nitrogens with one attached hydrogen (secondary N) is 1. The molecule has 1 atom stereocenters. The van der Waals surface area contributed by atoms with Gasteiger partial charge in [0.15, 0.2) is 0 Å². The van der Waals surface area contributed by atoms with Crippen molar-refractivity contribution in [1.29, 1.82) is 0 Å². The van der Waals surface area contributed by atoms with Gasteiger partial charge in [-0.1, -0.05) is 0 Å². The summed E-state index contributed by atoms with van der Waals surface area (Å²) in [6.07, 6.45) is 0.924. The quantitative estimate of drug-likeness (QED) is 0.490. The zero-order valence-corrected chi connectivity index (χ0v) is 6.88. The monoisotopic (exact) mass is 163 g/mol. The molecule has 0 bridgehead atoms. The minimum absolute atomic E-state index is 0.222. The lowest BCUT2D eigenvalue weighted by Gasteiger charge is -2.23. The van der Waals surface area contributed by atoms with Gasteiger partial charge in [-0.15, -0.1) is 0 Å². The fourth-order valence-corrected chi connectivity index (χ4v) is 1.55. The molecule has 0 radical (unpaired) electrons. The van der Waals surface area contributed by atoms with Crippen molar-refractivity contribution in [3.8, 4) is 0 Å². The molecule has 1 aromatic rings. The van der Waals surface area contributed by atoms with Crippen molar-refractivity contribution in [2.75, 3.05) is 17.6 Å². The van der Waals surface area contributed by atoms with Crippen LogP contribution in [0.4, 0.5) is 11.4 Å². The van der Waals surface area contributed by atoms with Crippen molar-refractivity contribution in [3.05, 3.63) is 23.8 Å². The summed E-state index contributed by atoms with van der Waals surface area (Å²) in [5.74, 6) is 0. The first-order valence-electron chi connectivity index (χ1n) is 4.13. The second-order valence-corrected chi connectivity index (χ2v) is 3.26. The maximum atomic E-state index is 5.80. The van der Waals surface area contributed by atoms with E-state index in [0.717, 1.165) is 18.7 Å². The van der Waals surface area contributed by atoms with Gasteiger partial charge in [0.05, 0.1) is 0 Å². The molecule has 3 heteroatoms. The van der Waals surface area contributed by atoms with Gasteiger partial charge in [-0.3, -0.25) is 0 Å². The number of fused-ring (bicyclic) bond motifs is 1. The molecule has 0 unspecified atom stereocenters. The van der Waals surface area contributed by atoms with Gasteiger partial charge >= 0.3 is 0 Å². The molecular weight excluding hydrogens is 150 g/mol. The van der Waals surface area contributed by atoms with Crippen LogP contribution in [0.1, 0.15) is 5.56 Å². The summed E-state index contributed by atoms with van der Waals surface area (Å²) in [6.45, 7) is 0.858. The first-order chi connectivity index (χ1) is 5.75. The van der Waals surface area contributed by atoms with Crippen LogP contribution in [0.2, 0.25) is 0 Å². The Morgan fingerprint density at radius 3 is 3.08 bits per heavy atom. The van der Waals surface area contributed by atoms with Crippen molar-refractivity contribution in [1.82, 2.24) is 0 Å². The summed E-state index contributed by atoms with van der Waals surface area (Å²) >= 11 is 0. The standard InChI is InChI=1S/C9H13N3/c10-7-1-2-9-6(3-7)4-8(11)5-12-9/h1-3,8,12H,4-5,10-11H2/t8-/m0/s1. The summed E-state index contributed by atoms with van der Waals surface area (Å²) in [4.78, 5) is 0. The van der Waals surface area contributed by atoms with Gasteiger partial charge in [-0.2, -0.15) is 0 Å². The number of benzene rings is 1. The van der Waals surface area contributed by atoms with Crippen LogP contribution in [0.25, 0.3) is 0 Å². The highest BCUT2D eigenvalue weighted by Gasteiger charge is 2.13. The zero-order chi connectivity index (χ0) is 8.55. The predicted octanol–water partition coefficient (Wildman–Crippen LogP) is 0.564. The van der Waals surface area contributed by atoms with Gasteiger partial charge in [-0.05, 0) is 30.2 Å². The van der Waals surface area contributed by atoms with Crippen LogP contribution < -0.4 is 16.8 Å². The Morgan fingerprint density at radius 1 is 1.42 bits per heavy atom. The first kappa shape index (κ1) is 7.43. The van der Waals surface area contributed by atoms with Crippen molar-refractivity contribution in [2.24, 2.45) is 5.73 Å². The highest BCUT2D eigenvalue weighted by Crippen LogP contribution is 2.23. The van der Waals surface area contributed by atoms with E-state index < -0.39 is 0 Å². The molecule has 0 saturated heterocycles. The smallest absolute Gasteiger partial charge is 0.0375 e. The van der Waals surface area contributed by atoms with Crippen LogP contribution in [-0.2, 0) is 6.42 Å². The van der Waals surface area contributed by atoms with Crippen LogP contribution >= 0.6 is 0 Å². The van der Waals surface area contributed by atoms with E-state index in [2.05, 4.69) is 5.32 Å². The molecule has 1 aromatic carbocycles. The van der Waals surface area contributed by atoms with E-state index in [1.54, 1.807) is 0 Å². The summed E-state index contributed by atoms with van der Waals surface area (Å²) in [6, 6.07) is 6.12. The van der Waals surface area contributed by atoms with Crippen LogP contribution in [0.5, 0.6) is 0 Å². The summed E-state index contributed by atoms with van der Waals surface area (Å²) in [5, 5.41) is 3.26. The van der Waals surface area contributed by atoms with Crippen LogP contribution in [0.3, 0.4) is 0 Å². The minimum atomic E-state index is 0.222. The first-order valence-corrected chi connectivity index (χ1v) is 4.13. The van der Waals surface area contributed by atoms with Crippen molar-refractivity contribution >= 4 is 11.4 Å². The van der Waals surface area contributed by atoms with Crippen LogP contribution in [0.15, 0.2) is 18.2 Å². The van der Waals surface area contributed by atoms with Gasteiger partial charge in [0, 0.05) is 24.0 Å². The van der Waals surface area contributed by atoms with E-state index in [1.165, 1.54) is 11.3 Å². The average Bonchev–Trinajstić information content (AvgIpc) is 2.03. The van der Waals surface area contributed by atoms with E-state index in [1.807, 2.05) is 18.2 Å². The Balaban J connectivity index is 2.37. The average molecular weight is 163 g/mol. The van der Waals surface area contributed by atoms with E-state index in [9.17, 15) is 0 Å². The largest absolute Gasteiger partial charge is 0.399 e. The third kappa shape index (κ3) is 1.23. The van der Waals surface area contributed by atoms with E-state index in [0.29, 0.717) is 0 Å². The lowest BCUT2D eigenvalue weighted by atomic mass is 10.00. The lowest BCUT2D eigenvalue weighted by molar-refractivity contribution is 0.680. The molecule has 0 spiro atoms. The SMILES string of the molecule is Nc1ccc2c(c1)C[C@H](N)CN2. The second kappa shape index (κ2) is 2.68. The van der Waals surface area contributed by atoms with Crippen molar-refractivity contribution in [3.63, 3.8) is 0 Å². The molecule has 64 valence electrons. The van der Waals surface area contributed by atoms with Crippen LogP contribution in [0, 0.1) is 0 Å². The number of nitrogen functional groups attached to an aromatic ring is 1. The minimum Gasteiger partial charge on any atom is -0.399 e. The molecule has 0 saturated carbocycles. The molecule has 3 nitrogen and oxygen atoms in total. The molecule has 1 aliphatic rings. The molecule has 1 heterocycles. The van der Waals surface area contributed by atoms with E-state index in [4.69, 9.17) is 11.5 Å². The van der Waals surface area contributed by atoms with Gasteiger partial charge in [-0.25, -0.2) is 0 Å². The molecule has 5 N–H and O–H groups in total. The van der Waals surface area contributed by atoms with Gasteiger partial charge in [0.2, 0.25) is 0 Å². The summed E-state index contributed by atoms with van der Waals surface area (Å²) < 4.78 is 0. The fraction of sp³-hybridized carbons (Fsp3) is 0.333. The number of nitrogens with two attached hydrogens (primary N) is 2. The molecule has 0 aliphatic carbocycles. The van der Waals surface area contributed by atoms with Crippen LogP contribution in [-0.4, -0.2) is 12.6 Å². The summed E-state index contributed by atoms with van der Waals surface area (Å²) in [5.41, 5.74) is 14.7. The third-order valence-electron chi connectivity index (χ3n) is 2.17. The van der Waals surface area contributed by atoms with Gasteiger partial charge < -0.3 is 16.8 Å². The Hall–Kier alpha value is -1.22. The van der Waals surface area contributed by atoms with Crippen molar-refractivity contribution in [2.45, 2.75) is 12.5 Å². The Morgan fingerprint density at radius 2 is 2.25 bits per heavy atom. The normalized spacial score (nSPS) is 21.2. The second-order valence-electron chi connectivity index (χ2n) is 3.26. The predicted molar refractivity (Wildman–Crippen MR) is 51.0 cm³/mol. The maximum Gasteiger partial charge on any atom is 0.0375 e. The highest BCUT2D eigenvalue weighted by molar-refractivity contribution is 5.59. The van der Waals surface area contributed by atoms with Crippen molar-refractivity contribution < 1.29 is 0 Å². The summed E-state index contributed by atoms with van der Waals surface area (Å²) in [7, 11) is 0. The number of anilines is 2. The zero-order valence-electron chi connectivity index (χ0n) is 6.88. The molecular formula is C9H13N3. The lowest BCUT2D eigenvalue weighted by Crippen LogP contribution is -2.35. The highest BCUT2D eigenvalue weighted by atomic mass is 14.9. The molecule has 0 fully saturated rings. The number of hydrogen-bond donors (Lipinski definition) is 3. The van der Waals surface area contributed by atoms with Gasteiger partial charge in [0.1, 0.15) is 0 Å². The Labute approximate surface area is 71.8 Å². The number of hydrogen-bond acceptors (Lipinski definition) is 3. The molecule has 0 aromatic heterocycles. The Bertz CT molecular complexity index is 296. The molecule has 12 heavy (non-hydrogen) atoms. The topological polar surface area (TPSA) is 64.1 Å². The van der Waals surface area contributed by atoms with E-state index >= 15 is 0 Å². The Kier molecular flexibility index (Phi) is 1.66.